The molecule has 0 aromatic heterocycles. The summed E-state index contributed by atoms with van der Waals surface area (Å²) in [4.78, 5) is 12.4. The van der Waals surface area contributed by atoms with Crippen LogP contribution in [0.15, 0.2) is 41.3 Å². The van der Waals surface area contributed by atoms with Crippen LogP contribution >= 0.6 is 0 Å². The molecule has 0 bridgehead atoms. The quantitative estimate of drug-likeness (QED) is 0.651. The number of carbonyl (C=O) groups excluding carboxylic acids is 1. The number of nitrogens with one attached hydrogen (secondary N) is 2. The summed E-state index contributed by atoms with van der Waals surface area (Å²) in [6.07, 6.45) is 0.478. The van der Waals surface area contributed by atoms with Gasteiger partial charge in [0.05, 0.1) is 19.1 Å². The van der Waals surface area contributed by atoms with Gasteiger partial charge in [0.2, 0.25) is 10.0 Å². The molecule has 2 aromatic rings. The zero-order valence-corrected chi connectivity index (χ0v) is 18.2. The summed E-state index contributed by atoms with van der Waals surface area (Å²) in [5.41, 5.74) is 1.97. The average Bonchev–Trinajstić information content (AvgIpc) is 2.67. The highest BCUT2D eigenvalue weighted by Crippen LogP contribution is 2.27. The van der Waals surface area contributed by atoms with E-state index in [0.717, 1.165) is 5.56 Å². The van der Waals surface area contributed by atoms with Crippen molar-refractivity contribution < 1.29 is 22.7 Å². The van der Waals surface area contributed by atoms with Crippen LogP contribution in [-0.4, -0.2) is 41.1 Å². The van der Waals surface area contributed by atoms with E-state index < -0.39 is 10.0 Å². The van der Waals surface area contributed by atoms with Crippen molar-refractivity contribution in [2.24, 2.45) is 0 Å². The lowest BCUT2D eigenvalue weighted by atomic mass is 10.1. The summed E-state index contributed by atoms with van der Waals surface area (Å²) in [6.45, 7) is 5.68. The second-order valence-corrected chi connectivity index (χ2v) is 8.71. The Hall–Kier alpha value is -2.58. The molecule has 2 rings (SSSR count). The normalized spacial score (nSPS) is 11.4. The summed E-state index contributed by atoms with van der Waals surface area (Å²) < 4.78 is 38.4. The minimum atomic E-state index is -3.75. The van der Waals surface area contributed by atoms with Crippen molar-refractivity contribution in [2.45, 2.75) is 38.1 Å². The Bertz CT molecular complexity index is 971. The van der Waals surface area contributed by atoms with Gasteiger partial charge in [-0.2, -0.15) is 0 Å². The summed E-state index contributed by atoms with van der Waals surface area (Å²) in [5, 5.41) is 2.79. The van der Waals surface area contributed by atoms with E-state index in [9.17, 15) is 13.2 Å². The molecular weight excluding hydrogens is 392 g/mol. The molecule has 0 aliphatic carbocycles. The fourth-order valence-electron chi connectivity index (χ4n) is 2.80. The van der Waals surface area contributed by atoms with Gasteiger partial charge in [0.15, 0.2) is 11.5 Å². The molecule has 1 amide bonds. The number of ether oxygens (including phenoxy) is 2. The number of aryl methyl sites for hydroxylation is 1. The van der Waals surface area contributed by atoms with E-state index in [1.807, 2.05) is 26.0 Å². The van der Waals surface area contributed by atoms with Crippen molar-refractivity contribution in [3.63, 3.8) is 0 Å². The van der Waals surface area contributed by atoms with E-state index in [-0.39, 0.29) is 23.4 Å². The number of hydrogen-bond donors (Lipinski definition) is 2. The molecule has 0 fully saturated rings. The van der Waals surface area contributed by atoms with Gasteiger partial charge in [0.25, 0.3) is 5.91 Å². The highest BCUT2D eigenvalue weighted by molar-refractivity contribution is 7.89. The number of methoxy groups -OCH3 is 2. The van der Waals surface area contributed by atoms with Gasteiger partial charge in [-0.3, -0.25) is 4.79 Å². The van der Waals surface area contributed by atoms with Crippen LogP contribution in [0.2, 0.25) is 0 Å². The minimum Gasteiger partial charge on any atom is -0.493 e. The lowest BCUT2D eigenvalue weighted by Gasteiger charge is -2.13. The Balaban J connectivity index is 2.11. The van der Waals surface area contributed by atoms with E-state index in [1.165, 1.54) is 12.1 Å². The van der Waals surface area contributed by atoms with E-state index in [2.05, 4.69) is 10.0 Å². The van der Waals surface area contributed by atoms with Crippen LogP contribution in [-0.2, 0) is 16.4 Å². The first-order valence-corrected chi connectivity index (χ1v) is 10.8. The molecule has 2 aromatic carbocycles. The van der Waals surface area contributed by atoms with Crippen molar-refractivity contribution in [2.75, 3.05) is 20.8 Å². The SMILES string of the molecule is COc1ccc(CCNS(=O)(=O)c2ccc(C)c(C(=O)NC(C)C)c2)cc1OC. The molecular formula is C21H28N2O5S. The summed E-state index contributed by atoms with van der Waals surface area (Å²) >= 11 is 0. The Kier molecular flexibility index (Phi) is 7.64. The molecule has 0 saturated heterocycles. The zero-order chi connectivity index (χ0) is 21.6. The van der Waals surface area contributed by atoms with Crippen LogP contribution in [0, 0.1) is 6.92 Å². The van der Waals surface area contributed by atoms with Gasteiger partial charge >= 0.3 is 0 Å². The molecule has 0 spiro atoms. The van der Waals surface area contributed by atoms with E-state index in [1.54, 1.807) is 33.3 Å². The molecule has 0 aliphatic heterocycles. The van der Waals surface area contributed by atoms with Gasteiger partial charge in [-0.25, -0.2) is 13.1 Å². The Morgan fingerprint density at radius 1 is 1.03 bits per heavy atom. The van der Waals surface area contributed by atoms with Crippen LogP contribution < -0.4 is 19.5 Å². The maximum Gasteiger partial charge on any atom is 0.251 e. The number of amides is 1. The summed E-state index contributed by atoms with van der Waals surface area (Å²) in [6, 6.07) is 9.96. The van der Waals surface area contributed by atoms with Crippen molar-refractivity contribution >= 4 is 15.9 Å². The largest absolute Gasteiger partial charge is 0.493 e. The minimum absolute atomic E-state index is 0.0400. The molecule has 0 heterocycles. The van der Waals surface area contributed by atoms with Crippen molar-refractivity contribution in [3.05, 3.63) is 53.1 Å². The first-order valence-electron chi connectivity index (χ1n) is 9.30. The number of hydrogen-bond acceptors (Lipinski definition) is 5. The predicted molar refractivity (Wildman–Crippen MR) is 112 cm³/mol. The topological polar surface area (TPSA) is 93.7 Å². The van der Waals surface area contributed by atoms with Crippen LogP contribution in [0.4, 0.5) is 0 Å². The molecule has 0 atom stereocenters. The highest BCUT2D eigenvalue weighted by atomic mass is 32.2. The Morgan fingerprint density at radius 3 is 2.34 bits per heavy atom. The number of sulfonamides is 1. The molecule has 8 heteroatoms. The molecule has 29 heavy (non-hydrogen) atoms. The van der Waals surface area contributed by atoms with Crippen LogP contribution in [0.1, 0.15) is 35.3 Å². The first kappa shape index (κ1) is 22.7. The maximum atomic E-state index is 12.7. The van der Waals surface area contributed by atoms with Crippen molar-refractivity contribution in [3.8, 4) is 11.5 Å². The van der Waals surface area contributed by atoms with Crippen LogP contribution in [0.3, 0.4) is 0 Å². The maximum absolute atomic E-state index is 12.7. The number of benzene rings is 2. The molecule has 2 N–H and O–H groups in total. The molecule has 0 aliphatic rings. The first-order chi connectivity index (χ1) is 13.7. The molecule has 0 unspecified atom stereocenters. The van der Waals surface area contributed by atoms with Crippen molar-refractivity contribution in [1.82, 2.24) is 10.0 Å². The fourth-order valence-corrected chi connectivity index (χ4v) is 3.86. The van der Waals surface area contributed by atoms with E-state index in [0.29, 0.717) is 29.0 Å². The van der Waals surface area contributed by atoms with Gasteiger partial charge in [0.1, 0.15) is 0 Å². The molecule has 0 saturated carbocycles. The van der Waals surface area contributed by atoms with Crippen LogP contribution in [0.5, 0.6) is 11.5 Å². The van der Waals surface area contributed by atoms with Gasteiger partial charge in [-0.15, -0.1) is 0 Å². The zero-order valence-electron chi connectivity index (χ0n) is 17.4. The third kappa shape index (κ3) is 5.95. The smallest absolute Gasteiger partial charge is 0.251 e. The predicted octanol–water partition coefficient (Wildman–Crippen LogP) is 2.67. The van der Waals surface area contributed by atoms with Gasteiger partial charge in [0, 0.05) is 18.2 Å². The van der Waals surface area contributed by atoms with Gasteiger partial charge < -0.3 is 14.8 Å². The molecule has 158 valence electrons. The second-order valence-electron chi connectivity index (χ2n) is 6.94. The Labute approximate surface area is 172 Å². The van der Waals surface area contributed by atoms with E-state index >= 15 is 0 Å². The summed E-state index contributed by atoms with van der Waals surface area (Å²) in [7, 11) is -0.637. The lowest BCUT2D eigenvalue weighted by Crippen LogP contribution is -2.31. The molecule has 7 nitrogen and oxygen atoms in total. The second kappa shape index (κ2) is 9.76. The lowest BCUT2D eigenvalue weighted by molar-refractivity contribution is 0.0942. The number of carbonyl (C=O) groups is 1. The average molecular weight is 421 g/mol. The van der Waals surface area contributed by atoms with Crippen LogP contribution in [0.25, 0.3) is 0 Å². The third-order valence-electron chi connectivity index (χ3n) is 4.34. The summed E-state index contributed by atoms with van der Waals surface area (Å²) in [5.74, 6) is 0.913. The third-order valence-corrected chi connectivity index (χ3v) is 5.80. The monoisotopic (exact) mass is 420 g/mol. The molecule has 0 radical (unpaired) electrons. The fraction of sp³-hybridized carbons (Fsp3) is 0.381. The van der Waals surface area contributed by atoms with Gasteiger partial charge in [-0.1, -0.05) is 12.1 Å². The standard InChI is InChI=1S/C21H28N2O5S/c1-14(2)23-21(24)18-13-17(8-6-15(18)3)29(25,26)22-11-10-16-7-9-19(27-4)20(12-16)28-5/h6-9,12-14,22H,10-11H2,1-5H3,(H,23,24). The van der Waals surface area contributed by atoms with Crippen molar-refractivity contribution in [1.29, 1.82) is 0 Å². The Morgan fingerprint density at radius 2 is 1.72 bits per heavy atom. The van der Waals surface area contributed by atoms with E-state index in [4.69, 9.17) is 9.47 Å². The highest BCUT2D eigenvalue weighted by Gasteiger charge is 2.18. The number of rotatable bonds is 9. The van der Waals surface area contributed by atoms with Gasteiger partial charge in [-0.05, 0) is 62.6 Å².